The van der Waals surface area contributed by atoms with E-state index in [1.807, 2.05) is 0 Å². The molecule has 8 heteroatoms. The molecular weight excluding hydrogens is 290 g/mol. The van der Waals surface area contributed by atoms with Gasteiger partial charge in [-0.1, -0.05) is 6.92 Å². The van der Waals surface area contributed by atoms with Gasteiger partial charge in [-0.2, -0.15) is 0 Å². The van der Waals surface area contributed by atoms with Crippen molar-refractivity contribution in [2.45, 2.75) is 31.1 Å². The number of thioether (sulfide) groups is 1. The fourth-order valence-corrected chi connectivity index (χ4v) is 4.62. The Morgan fingerprint density at radius 1 is 1.47 bits per heavy atom. The summed E-state index contributed by atoms with van der Waals surface area (Å²) < 4.78 is 22.7. The summed E-state index contributed by atoms with van der Waals surface area (Å²) in [7, 11) is -1.44. The smallest absolute Gasteiger partial charge is 0.316 e. The molecule has 1 aliphatic heterocycles. The predicted molar refractivity (Wildman–Crippen MR) is 74.0 cm³/mol. The average Bonchev–Trinajstić information content (AvgIpc) is 2.68. The number of hydrogen-bond donors (Lipinski definition) is 1. The summed E-state index contributed by atoms with van der Waals surface area (Å²) in [5, 5.41) is 8.29. The van der Waals surface area contributed by atoms with E-state index >= 15 is 0 Å². The van der Waals surface area contributed by atoms with E-state index in [-0.39, 0.29) is 29.2 Å². The predicted octanol–water partition coefficient (Wildman–Crippen LogP) is 0.228. The zero-order valence-electron chi connectivity index (χ0n) is 11.0. The molecule has 1 saturated heterocycles. The van der Waals surface area contributed by atoms with Crippen LogP contribution in [0.5, 0.6) is 0 Å². The molecule has 1 rings (SSSR count). The minimum absolute atomic E-state index is 0.00996. The number of rotatable bonds is 6. The van der Waals surface area contributed by atoms with Crippen LogP contribution in [0.1, 0.15) is 19.8 Å². The molecule has 2 atom stereocenters. The fourth-order valence-electron chi connectivity index (χ4n) is 1.92. The second-order valence-corrected chi connectivity index (χ2v) is 8.03. The topological polar surface area (TPSA) is 91.8 Å². The molecule has 1 heterocycles. The van der Waals surface area contributed by atoms with Gasteiger partial charge in [0.2, 0.25) is 5.91 Å². The molecule has 0 radical (unpaired) electrons. The molecule has 2 unspecified atom stereocenters. The Morgan fingerprint density at radius 2 is 2.11 bits per heavy atom. The van der Waals surface area contributed by atoms with E-state index in [0.29, 0.717) is 12.8 Å². The third-order valence-corrected chi connectivity index (χ3v) is 6.31. The molecule has 19 heavy (non-hydrogen) atoms. The van der Waals surface area contributed by atoms with Crippen molar-refractivity contribution in [2.75, 3.05) is 24.3 Å². The molecule has 0 saturated carbocycles. The summed E-state index contributed by atoms with van der Waals surface area (Å²) in [4.78, 5) is 24.2. The molecule has 6 nitrogen and oxygen atoms in total. The van der Waals surface area contributed by atoms with Crippen molar-refractivity contribution in [3.8, 4) is 0 Å². The highest BCUT2D eigenvalue weighted by Gasteiger charge is 2.32. The van der Waals surface area contributed by atoms with Crippen molar-refractivity contribution in [1.29, 1.82) is 0 Å². The van der Waals surface area contributed by atoms with Gasteiger partial charge in [0, 0.05) is 13.1 Å². The molecule has 0 aromatic heterocycles. The molecule has 0 aromatic rings. The van der Waals surface area contributed by atoms with E-state index in [2.05, 4.69) is 0 Å². The SMILES string of the molecule is CCC(SCC(=O)N(C)C1CCS(=O)(=O)C1)C(=O)O. The van der Waals surface area contributed by atoms with Gasteiger partial charge in [-0.05, 0) is 12.8 Å². The maximum absolute atomic E-state index is 11.9. The highest BCUT2D eigenvalue weighted by Crippen LogP contribution is 2.19. The molecule has 110 valence electrons. The lowest BCUT2D eigenvalue weighted by Gasteiger charge is -2.23. The molecule has 0 spiro atoms. The maximum atomic E-state index is 11.9. The molecule has 1 aliphatic rings. The Hall–Kier alpha value is -0.760. The number of amides is 1. The van der Waals surface area contributed by atoms with Gasteiger partial charge in [-0.15, -0.1) is 11.8 Å². The number of carboxylic acid groups (broad SMARTS) is 1. The van der Waals surface area contributed by atoms with Gasteiger partial charge in [0.05, 0.1) is 17.3 Å². The van der Waals surface area contributed by atoms with Crippen LogP contribution in [-0.2, 0) is 19.4 Å². The first kappa shape index (κ1) is 16.3. The summed E-state index contributed by atoms with van der Waals surface area (Å²) in [5.74, 6) is -0.943. The van der Waals surface area contributed by atoms with Crippen LogP contribution in [0.2, 0.25) is 0 Å². The molecular formula is C11H19NO5S2. The van der Waals surface area contributed by atoms with Crippen LogP contribution < -0.4 is 0 Å². The zero-order valence-corrected chi connectivity index (χ0v) is 12.7. The third-order valence-electron chi connectivity index (χ3n) is 3.20. The maximum Gasteiger partial charge on any atom is 0.316 e. The van der Waals surface area contributed by atoms with Crippen LogP contribution in [0.15, 0.2) is 0 Å². The van der Waals surface area contributed by atoms with Gasteiger partial charge in [0.25, 0.3) is 0 Å². The van der Waals surface area contributed by atoms with Crippen molar-refractivity contribution in [1.82, 2.24) is 4.90 Å². The Bertz CT molecular complexity index is 448. The Morgan fingerprint density at radius 3 is 2.53 bits per heavy atom. The summed E-state index contributed by atoms with van der Waals surface area (Å²) in [6.07, 6.45) is 0.917. The summed E-state index contributed by atoms with van der Waals surface area (Å²) >= 11 is 1.08. The van der Waals surface area contributed by atoms with Crippen LogP contribution in [0.3, 0.4) is 0 Å². The number of aliphatic carboxylic acids is 1. The van der Waals surface area contributed by atoms with E-state index in [0.717, 1.165) is 11.8 Å². The molecule has 0 bridgehead atoms. The number of sulfone groups is 1. The van der Waals surface area contributed by atoms with E-state index in [9.17, 15) is 18.0 Å². The Kier molecular flexibility index (Phi) is 5.66. The van der Waals surface area contributed by atoms with Crippen LogP contribution in [0.25, 0.3) is 0 Å². The normalized spacial score (nSPS) is 22.9. The van der Waals surface area contributed by atoms with Crippen molar-refractivity contribution in [3.05, 3.63) is 0 Å². The van der Waals surface area contributed by atoms with Gasteiger partial charge >= 0.3 is 5.97 Å². The van der Waals surface area contributed by atoms with Gasteiger partial charge in [-0.25, -0.2) is 8.42 Å². The van der Waals surface area contributed by atoms with Crippen LogP contribution in [0.4, 0.5) is 0 Å². The third kappa shape index (κ3) is 4.68. The molecule has 1 fully saturated rings. The standard InChI is InChI=1S/C11H19NO5S2/c1-3-9(11(14)15)18-6-10(13)12(2)8-4-5-19(16,17)7-8/h8-9H,3-7H2,1-2H3,(H,14,15). The lowest BCUT2D eigenvalue weighted by Crippen LogP contribution is -2.39. The summed E-state index contributed by atoms with van der Waals surface area (Å²) in [6.45, 7) is 1.75. The van der Waals surface area contributed by atoms with Crippen molar-refractivity contribution in [3.63, 3.8) is 0 Å². The zero-order chi connectivity index (χ0) is 14.6. The summed E-state index contributed by atoms with van der Waals surface area (Å²) in [6, 6.07) is -0.275. The van der Waals surface area contributed by atoms with Gasteiger partial charge in [0.15, 0.2) is 9.84 Å². The van der Waals surface area contributed by atoms with E-state index in [4.69, 9.17) is 5.11 Å². The Balaban J connectivity index is 2.48. The van der Waals surface area contributed by atoms with Crippen molar-refractivity contribution in [2.24, 2.45) is 0 Å². The first-order chi connectivity index (χ1) is 8.76. The van der Waals surface area contributed by atoms with Gasteiger partial charge in [-0.3, -0.25) is 9.59 Å². The molecule has 1 amide bonds. The quantitative estimate of drug-likeness (QED) is 0.755. The van der Waals surface area contributed by atoms with E-state index in [1.54, 1.807) is 14.0 Å². The number of carbonyl (C=O) groups is 2. The lowest BCUT2D eigenvalue weighted by atomic mass is 10.2. The van der Waals surface area contributed by atoms with Crippen molar-refractivity contribution < 1.29 is 23.1 Å². The number of nitrogens with zero attached hydrogens (tertiary/aromatic N) is 1. The van der Waals surface area contributed by atoms with E-state index in [1.165, 1.54) is 4.90 Å². The fraction of sp³-hybridized carbons (Fsp3) is 0.818. The molecule has 0 aromatic carbocycles. The van der Waals surface area contributed by atoms with Gasteiger partial charge in [0.1, 0.15) is 5.25 Å². The van der Waals surface area contributed by atoms with Crippen LogP contribution in [-0.4, -0.2) is 65.9 Å². The van der Waals surface area contributed by atoms with Crippen LogP contribution in [0, 0.1) is 0 Å². The highest BCUT2D eigenvalue weighted by molar-refractivity contribution is 8.01. The molecule has 1 N–H and O–H groups in total. The second kappa shape index (κ2) is 6.60. The highest BCUT2D eigenvalue weighted by atomic mass is 32.2. The first-order valence-corrected chi connectivity index (χ1v) is 8.94. The van der Waals surface area contributed by atoms with Gasteiger partial charge < -0.3 is 10.0 Å². The minimum Gasteiger partial charge on any atom is -0.480 e. The number of carbonyl (C=O) groups excluding carboxylic acids is 1. The molecule has 0 aliphatic carbocycles. The first-order valence-electron chi connectivity index (χ1n) is 6.07. The average molecular weight is 309 g/mol. The van der Waals surface area contributed by atoms with Crippen LogP contribution >= 0.6 is 11.8 Å². The minimum atomic E-state index is -3.02. The monoisotopic (exact) mass is 309 g/mol. The largest absolute Gasteiger partial charge is 0.480 e. The summed E-state index contributed by atoms with van der Waals surface area (Å²) in [5.41, 5.74) is 0. The van der Waals surface area contributed by atoms with E-state index < -0.39 is 21.1 Å². The number of carboxylic acids is 1. The lowest BCUT2D eigenvalue weighted by molar-refractivity contribution is -0.136. The second-order valence-electron chi connectivity index (χ2n) is 4.61. The van der Waals surface area contributed by atoms with Crippen molar-refractivity contribution >= 4 is 33.5 Å². The Labute approximate surface area is 117 Å². The number of hydrogen-bond acceptors (Lipinski definition) is 5.